The van der Waals surface area contributed by atoms with Gasteiger partial charge in [-0.1, -0.05) is 23.2 Å². The van der Waals surface area contributed by atoms with Gasteiger partial charge in [-0.3, -0.25) is 0 Å². The molecule has 0 fully saturated rings. The van der Waals surface area contributed by atoms with Crippen LogP contribution in [0.5, 0.6) is 0 Å². The summed E-state index contributed by atoms with van der Waals surface area (Å²) >= 11 is 9.54. The number of carboxylic acid groups (broad SMARTS) is 2. The van der Waals surface area contributed by atoms with Gasteiger partial charge in [0.15, 0.2) is 0 Å². The van der Waals surface area contributed by atoms with Crippen molar-refractivity contribution in [1.29, 1.82) is 0 Å². The predicted octanol–water partition coefficient (Wildman–Crippen LogP) is -2.55. The summed E-state index contributed by atoms with van der Waals surface area (Å²) in [7, 11) is 0. The van der Waals surface area contributed by atoms with Crippen molar-refractivity contribution < 1.29 is 72.6 Å². The van der Waals surface area contributed by atoms with Gasteiger partial charge in [0.1, 0.15) is 0 Å². The van der Waals surface area contributed by atoms with Crippen molar-refractivity contribution in [2.24, 2.45) is 0 Å². The van der Waals surface area contributed by atoms with Gasteiger partial charge in [0.25, 0.3) is 0 Å². The Bertz CT molecular complexity index is 145. The summed E-state index contributed by atoms with van der Waals surface area (Å²) in [6.45, 7) is 0. The van der Waals surface area contributed by atoms with Crippen LogP contribution in [-0.2, 0) is 9.59 Å². The van der Waals surface area contributed by atoms with Gasteiger partial charge in [-0.15, -0.1) is 0 Å². The monoisotopic (exact) mass is 212 g/mol. The average Bonchev–Trinajstić information content (AvgIpc) is 1.65. The molecule has 7 heteroatoms. The van der Waals surface area contributed by atoms with Crippen LogP contribution in [0.15, 0.2) is 0 Å². The number of rotatable bonds is 2. The average molecular weight is 213 g/mol. The van der Waals surface area contributed by atoms with Crippen LogP contribution in [0.2, 0.25) is 0 Å². The maximum Gasteiger partial charge on any atom is 1.00 e. The standard InChI is InChI=1S/C3H2Cl2O4.K.H/c4-3(5,1(6)7)2(8)9;;/h(H,6,7)(H,8,9);;/q;+1;-1. The zero-order chi connectivity index (χ0) is 7.65. The minimum atomic E-state index is -2.72. The SMILES string of the molecule is O=C(O)C(Cl)(Cl)C(=O)O.[H-].[K+]. The first kappa shape index (κ1) is 13.7. The molecule has 0 aliphatic heterocycles. The maximum absolute atomic E-state index is 9.82. The number of aliphatic carboxylic acids is 2. The van der Waals surface area contributed by atoms with Crippen molar-refractivity contribution in [2.45, 2.75) is 4.33 Å². The van der Waals surface area contributed by atoms with E-state index in [9.17, 15) is 9.59 Å². The molecule has 0 aliphatic rings. The third kappa shape index (κ3) is 3.52. The fourth-order valence-electron chi connectivity index (χ4n) is 0.0915. The van der Waals surface area contributed by atoms with E-state index in [1.807, 2.05) is 0 Å². The van der Waals surface area contributed by atoms with Gasteiger partial charge in [-0.25, -0.2) is 9.59 Å². The number of hydrogen-bond acceptors (Lipinski definition) is 2. The second-order valence-corrected chi connectivity index (χ2v) is 2.51. The van der Waals surface area contributed by atoms with E-state index in [1.54, 1.807) is 0 Å². The molecule has 0 saturated heterocycles. The minimum absolute atomic E-state index is 0. The summed E-state index contributed by atoms with van der Waals surface area (Å²) in [5, 5.41) is 15.9. The van der Waals surface area contributed by atoms with Crippen molar-refractivity contribution in [2.75, 3.05) is 0 Å². The zero-order valence-electron chi connectivity index (χ0n) is 5.97. The van der Waals surface area contributed by atoms with E-state index in [0.717, 1.165) is 0 Å². The molecule has 0 rings (SSSR count). The Hall–Kier alpha value is 1.16. The van der Waals surface area contributed by atoms with Crippen LogP contribution in [0.4, 0.5) is 0 Å². The van der Waals surface area contributed by atoms with Crippen molar-refractivity contribution >= 4 is 35.1 Å². The van der Waals surface area contributed by atoms with Crippen LogP contribution < -0.4 is 51.4 Å². The molecule has 2 N–H and O–H groups in total. The third-order valence-corrected chi connectivity index (χ3v) is 1.18. The minimum Gasteiger partial charge on any atom is -1.00 e. The molecule has 10 heavy (non-hydrogen) atoms. The van der Waals surface area contributed by atoms with E-state index in [2.05, 4.69) is 0 Å². The topological polar surface area (TPSA) is 74.6 Å². The zero-order valence-corrected chi connectivity index (χ0v) is 9.60. The molecule has 0 bridgehead atoms. The summed E-state index contributed by atoms with van der Waals surface area (Å²) in [5.41, 5.74) is 0. The molecule has 0 aromatic carbocycles. The molecule has 4 nitrogen and oxygen atoms in total. The molecule has 0 atom stereocenters. The van der Waals surface area contributed by atoms with Crippen molar-refractivity contribution in [3.05, 3.63) is 0 Å². The largest absolute Gasteiger partial charge is 1.00 e. The Morgan fingerprint density at radius 2 is 1.40 bits per heavy atom. The molecular formula is C3H3Cl2KO4. The Morgan fingerprint density at radius 1 is 1.20 bits per heavy atom. The molecule has 0 unspecified atom stereocenters. The molecule has 0 heterocycles. The fraction of sp³-hybridized carbons (Fsp3) is 0.333. The van der Waals surface area contributed by atoms with E-state index in [1.165, 1.54) is 0 Å². The van der Waals surface area contributed by atoms with E-state index >= 15 is 0 Å². The van der Waals surface area contributed by atoms with Crippen LogP contribution in [0, 0.1) is 0 Å². The second kappa shape index (κ2) is 4.92. The molecule has 0 radical (unpaired) electrons. The molecule has 0 aromatic heterocycles. The van der Waals surface area contributed by atoms with E-state index < -0.39 is 16.3 Å². The number of carboxylic acids is 2. The van der Waals surface area contributed by atoms with Gasteiger partial charge >= 0.3 is 67.7 Å². The van der Waals surface area contributed by atoms with Crippen LogP contribution in [0.3, 0.4) is 0 Å². The first-order valence-electron chi connectivity index (χ1n) is 1.73. The van der Waals surface area contributed by atoms with Gasteiger partial charge in [0.05, 0.1) is 0 Å². The molecule has 0 amide bonds. The maximum atomic E-state index is 9.82. The van der Waals surface area contributed by atoms with Crippen LogP contribution in [0.1, 0.15) is 1.43 Å². The van der Waals surface area contributed by atoms with E-state index in [4.69, 9.17) is 33.4 Å². The van der Waals surface area contributed by atoms with Gasteiger partial charge < -0.3 is 11.6 Å². The summed E-state index contributed by atoms with van der Waals surface area (Å²) in [6.07, 6.45) is 0. The van der Waals surface area contributed by atoms with Gasteiger partial charge in [-0.05, 0) is 0 Å². The number of carbonyl (C=O) groups is 2. The number of halogens is 2. The van der Waals surface area contributed by atoms with Crippen LogP contribution in [0.25, 0.3) is 0 Å². The Morgan fingerprint density at radius 3 is 1.40 bits per heavy atom. The number of alkyl halides is 2. The molecule has 0 aliphatic carbocycles. The predicted molar refractivity (Wildman–Crippen MR) is 30.8 cm³/mol. The first-order valence-corrected chi connectivity index (χ1v) is 2.49. The normalized spacial score (nSPS) is 9.80. The summed E-state index contributed by atoms with van der Waals surface area (Å²) in [4.78, 5) is 19.6. The van der Waals surface area contributed by atoms with E-state index in [-0.39, 0.29) is 52.8 Å². The smallest absolute Gasteiger partial charge is 1.00 e. The molecule has 0 spiro atoms. The Labute approximate surface area is 110 Å². The number of hydrogen-bond donors (Lipinski definition) is 2. The van der Waals surface area contributed by atoms with Crippen LogP contribution >= 0.6 is 23.2 Å². The van der Waals surface area contributed by atoms with Crippen molar-refractivity contribution in [3.63, 3.8) is 0 Å². The summed E-state index contributed by atoms with van der Waals surface area (Å²) in [6, 6.07) is 0. The molecule has 0 saturated carbocycles. The molecule has 54 valence electrons. The van der Waals surface area contributed by atoms with Gasteiger partial charge in [0.2, 0.25) is 0 Å². The molecule has 0 aromatic rings. The fourth-order valence-corrected chi connectivity index (χ4v) is 0.0915. The second-order valence-electron chi connectivity index (χ2n) is 1.18. The van der Waals surface area contributed by atoms with Gasteiger partial charge in [-0.2, -0.15) is 0 Å². The van der Waals surface area contributed by atoms with Gasteiger partial charge in [0, 0.05) is 0 Å². The first-order chi connectivity index (χ1) is 3.89. The van der Waals surface area contributed by atoms with Crippen molar-refractivity contribution in [1.82, 2.24) is 0 Å². The van der Waals surface area contributed by atoms with E-state index in [0.29, 0.717) is 0 Å². The quantitative estimate of drug-likeness (QED) is 0.301. The molecular weight excluding hydrogens is 210 g/mol. The Kier molecular flexibility index (Phi) is 6.75. The third-order valence-electron chi connectivity index (χ3n) is 0.537. The Balaban J connectivity index is -0.000000320. The summed E-state index contributed by atoms with van der Waals surface area (Å²) in [5.74, 6) is -3.59. The van der Waals surface area contributed by atoms with Crippen molar-refractivity contribution in [3.8, 4) is 0 Å². The van der Waals surface area contributed by atoms with Crippen LogP contribution in [-0.4, -0.2) is 26.5 Å². The summed E-state index contributed by atoms with van der Waals surface area (Å²) < 4.78 is -2.72.